The lowest BCUT2D eigenvalue weighted by molar-refractivity contribution is -0.393. The normalized spacial score (nSPS) is 45.3. The number of benzene rings is 1. The SMILES string of the molecule is CC1/C(=N/Nc2ccc([N+](=O)[O-])cc2[N+](=O)[O-])CCC2C1(C)CCC1C2(C)CCC2(C)C3CC(C)(C)CCC3(C)CCC12C. The molecule has 0 bridgehead atoms. The van der Waals surface area contributed by atoms with E-state index in [-0.39, 0.29) is 28.4 Å². The van der Waals surface area contributed by atoms with Crippen LogP contribution < -0.4 is 5.43 Å². The van der Waals surface area contributed by atoms with Gasteiger partial charge in [0.05, 0.1) is 15.9 Å². The van der Waals surface area contributed by atoms with Gasteiger partial charge in [0.2, 0.25) is 0 Å². The topological polar surface area (TPSA) is 111 Å². The molecule has 5 saturated carbocycles. The molecule has 1 aromatic carbocycles. The second kappa shape index (κ2) is 9.99. The summed E-state index contributed by atoms with van der Waals surface area (Å²) in [6, 6.07) is 3.69. The average molecular weight is 607 g/mol. The zero-order valence-corrected chi connectivity index (χ0v) is 28.3. The molecule has 1 N–H and O–H groups in total. The third-order valence-electron chi connectivity index (χ3n) is 15.5. The van der Waals surface area contributed by atoms with Gasteiger partial charge in [0, 0.05) is 17.7 Å². The van der Waals surface area contributed by atoms with Crippen molar-refractivity contribution in [3.05, 3.63) is 38.4 Å². The Hall–Kier alpha value is -2.51. The molecule has 44 heavy (non-hydrogen) atoms. The molecule has 242 valence electrons. The van der Waals surface area contributed by atoms with Crippen LogP contribution >= 0.6 is 0 Å². The van der Waals surface area contributed by atoms with Crippen molar-refractivity contribution in [1.29, 1.82) is 0 Å². The van der Waals surface area contributed by atoms with Gasteiger partial charge in [-0.1, -0.05) is 55.4 Å². The number of nitrogens with zero attached hydrogens (tertiary/aromatic N) is 3. The van der Waals surface area contributed by atoms with Gasteiger partial charge in [0.25, 0.3) is 5.69 Å². The number of hydrogen-bond acceptors (Lipinski definition) is 6. The highest BCUT2D eigenvalue weighted by molar-refractivity contribution is 5.89. The number of fused-ring (bicyclic) bond motifs is 7. The molecular formula is C36H54N4O4. The highest BCUT2D eigenvalue weighted by Crippen LogP contribution is 2.78. The van der Waals surface area contributed by atoms with Gasteiger partial charge in [-0.3, -0.25) is 25.7 Å². The molecule has 0 amide bonds. The molecule has 0 saturated heterocycles. The molecule has 1 aromatic rings. The number of hydrazone groups is 1. The fourth-order valence-electron chi connectivity index (χ4n) is 12.4. The molecule has 0 aliphatic heterocycles. The van der Waals surface area contributed by atoms with E-state index >= 15 is 0 Å². The van der Waals surface area contributed by atoms with E-state index in [9.17, 15) is 20.2 Å². The van der Waals surface area contributed by atoms with Crippen LogP contribution in [0.25, 0.3) is 0 Å². The van der Waals surface area contributed by atoms with Crippen molar-refractivity contribution in [3.63, 3.8) is 0 Å². The van der Waals surface area contributed by atoms with Crippen LogP contribution in [0, 0.1) is 76.4 Å². The monoisotopic (exact) mass is 606 g/mol. The fraction of sp³-hybridized carbons (Fsp3) is 0.806. The van der Waals surface area contributed by atoms with Gasteiger partial charge < -0.3 is 0 Å². The van der Waals surface area contributed by atoms with Gasteiger partial charge in [0.15, 0.2) is 0 Å². The highest BCUT2D eigenvalue weighted by Gasteiger charge is 2.70. The Bertz CT molecular complexity index is 1410. The van der Waals surface area contributed by atoms with Crippen LogP contribution in [0.3, 0.4) is 0 Å². The summed E-state index contributed by atoms with van der Waals surface area (Å²) < 4.78 is 0. The molecular weight excluding hydrogens is 552 g/mol. The van der Waals surface area contributed by atoms with Crippen LogP contribution in [0.15, 0.2) is 23.3 Å². The first-order valence-electron chi connectivity index (χ1n) is 17.2. The Kier molecular flexibility index (Phi) is 7.15. The molecule has 0 aromatic heterocycles. The molecule has 5 aliphatic carbocycles. The lowest BCUT2D eigenvalue weighted by Gasteiger charge is -2.75. The number of nitro groups is 2. The van der Waals surface area contributed by atoms with Gasteiger partial charge >= 0.3 is 5.69 Å². The van der Waals surface area contributed by atoms with E-state index in [1.807, 2.05) is 0 Å². The van der Waals surface area contributed by atoms with Crippen molar-refractivity contribution < 1.29 is 9.85 Å². The van der Waals surface area contributed by atoms with Crippen molar-refractivity contribution in [1.82, 2.24) is 0 Å². The summed E-state index contributed by atoms with van der Waals surface area (Å²) in [5.74, 6) is 2.40. The number of hydrogen-bond donors (Lipinski definition) is 1. The van der Waals surface area contributed by atoms with Gasteiger partial charge in [-0.15, -0.1) is 0 Å². The third-order valence-corrected chi connectivity index (χ3v) is 15.5. The summed E-state index contributed by atoms with van der Waals surface area (Å²) >= 11 is 0. The van der Waals surface area contributed by atoms with Crippen molar-refractivity contribution in [2.45, 2.75) is 126 Å². The maximum atomic E-state index is 11.7. The van der Waals surface area contributed by atoms with Gasteiger partial charge in [-0.2, -0.15) is 5.10 Å². The van der Waals surface area contributed by atoms with Crippen molar-refractivity contribution >= 4 is 22.8 Å². The molecule has 0 heterocycles. The van der Waals surface area contributed by atoms with Crippen LogP contribution in [0.2, 0.25) is 0 Å². The smallest absolute Gasteiger partial charge is 0.272 e. The number of nitro benzene ring substituents is 2. The Morgan fingerprint density at radius 3 is 2.11 bits per heavy atom. The Morgan fingerprint density at radius 1 is 0.773 bits per heavy atom. The third kappa shape index (κ3) is 4.39. The second-order valence-electron chi connectivity index (χ2n) is 17.8. The van der Waals surface area contributed by atoms with E-state index in [0.717, 1.165) is 36.5 Å². The highest BCUT2D eigenvalue weighted by atomic mass is 16.6. The number of nitrogens with one attached hydrogen (secondary N) is 1. The molecule has 0 spiro atoms. The second-order valence-corrected chi connectivity index (χ2v) is 17.8. The molecule has 6 rings (SSSR count). The minimum Gasteiger partial charge on any atom is -0.272 e. The van der Waals surface area contributed by atoms with E-state index in [4.69, 9.17) is 5.10 Å². The zero-order valence-electron chi connectivity index (χ0n) is 28.3. The summed E-state index contributed by atoms with van der Waals surface area (Å²) in [4.78, 5) is 21.7. The minimum atomic E-state index is -0.611. The fourth-order valence-corrected chi connectivity index (χ4v) is 12.4. The van der Waals surface area contributed by atoms with Crippen molar-refractivity contribution in [2.24, 2.45) is 61.3 Å². The molecule has 0 radical (unpaired) electrons. The average Bonchev–Trinajstić information content (AvgIpc) is 2.95. The van der Waals surface area contributed by atoms with Crippen LogP contribution in [0.5, 0.6) is 0 Å². The molecule has 5 fully saturated rings. The molecule has 9 atom stereocenters. The van der Waals surface area contributed by atoms with Crippen LogP contribution in [-0.4, -0.2) is 15.6 Å². The summed E-state index contributed by atoms with van der Waals surface area (Å²) in [5.41, 5.74) is 5.64. The van der Waals surface area contributed by atoms with Gasteiger partial charge in [-0.25, -0.2) is 0 Å². The van der Waals surface area contributed by atoms with E-state index < -0.39 is 9.85 Å². The van der Waals surface area contributed by atoms with Gasteiger partial charge in [0.1, 0.15) is 5.69 Å². The standard InChI is InChI=1S/C36H54N4O4/c1-23-25(37-38-26-10-9-24(39(41)42)21-27(26)40(43)44)11-12-28-33(23,5)14-13-29-34(28,6)18-20-36(8)30-22-31(2,3)15-16-32(30,4)17-19-35(29,36)7/h9-10,21,23,28-30,38H,11-20,22H2,1-8H3/b37-25+. The number of rotatable bonds is 4. The lowest BCUT2D eigenvalue weighted by Crippen LogP contribution is -2.67. The first kappa shape index (κ1) is 31.5. The summed E-state index contributed by atoms with van der Waals surface area (Å²) in [6.45, 7) is 20.5. The van der Waals surface area contributed by atoms with E-state index in [1.165, 1.54) is 69.9 Å². The molecule has 5 aliphatic rings. The number of non-ortho nitro benzene ring substituents is 1. The lowest BCUT2D eigenvalue weighted by atomic mass is 9.30. The first-order valence-corrected chi connectivity index (χ1v) is 17.2. The first-order chi connectivity index (χ1) is 20.4. The Morgan fingerprint density at radius 2 is 1.43 bits per heavy atom. The predicted octanol–water partition coefficient (Wildman–Crippen LogP) is 10.2. The number of anilines is 1. The Labute approximate surface area is 263 Å². The van der Waals surface area contributed by atoms with Crippen LogP contribution in [0.4, 0.5) is 17.1 Å². The summed E-state index contributed by atoms with van der Waals surface area (Å²) in [7, 11) is 0. The molecule has 8 heteroatoms. The largest absolute Gasteiger partial charge is 0.301 e. The van der Waals surface area contributed by atoms with E-state index in [2.05, 4.69) is 60.8 Å². The van der Waals surface area contributed by atoms with E-state index in [0.29, 0.717) is 33.0 Å². The van der Waals surface area contributed by atoms with Gasteiger partial charge in [-0.05, 0) is 127 Å². The van der Waals surface area contributed by atoms with Crippen molar-refractivity contribution in [3.8, 4) is 0 Å². The minimum absolute atomic E-state index is 0.117. The zero-order chi connectivity index (χ0) is 32.1. The molecule has 8 nitrogen and oxygen atoms in total. The summed E-state index contributed by atoms with van der Waals surface area (Å²) in [5, 5.41) is 27.6. The maximum Gasteiger partial charge on any atom is 0.301 e. The maximum absolute atomic E-state index is 11.7. The summed E-state index contributed by atoms with van der Waals surface area (Å²) in [6.07, 6.45) is 13.9. The van der Waals surface area contributed by atoms with Crippen molar-refractivity contribution in [2.75, 3.05) is 5.43 Å². The van der Waals surface area contributed by atoms with E-state index in [1.54, 1.807) is 0 Å². The predicted molar refractivity (Wildman–Crippen MR) is 176 cm³/mol. The molecule has 9 unspecified atom stereocenters. The van der Waals surface area contributed by atoms with Crippen LogP contribution in [-0.2, 0) is 0 Å². The quantitative estimate of drug-likeness (QED) is 0.271. The Balaban J connectivity index is 1.27. The van der Waals surface area contributed by atoms with Crippen LogP contribution in [0.1, 0.15) is 126 Å².